The van der Waals surface area contributed by atoms with Gasteiger partial charge in [-0.25, -0.2) is 0 Å². The maximum Gasteiger partial charge on any atom is 0.206 e. The van der Waals surface area contributed by atoms with Crippen LogP contribution in [0.3, 0.4) is 0 Å². The Balaban J connectivity index is 3.73. The highest BCUT2D eigenvalue weighted by atomic mass is 16.3. The first-order valence-corrected chi connectivity index (χ1v) is 2.36. The largest absolute Gasteiger partial charge is 0.393 e. The van der Waals surface area contributed by atoms with Crippen molar-refractivity contribution >= 4 is 5.78 Å². The zero-order valence-corrected chi connectivity index (χ0v) is 4.69. The van der Waals surface area contributed by atoms with Gasteiger partial charge in [-0.15, -0.1) is 0 Å². The van der Waals surface area contributed by atoms with Crippen molar-refractivity contribution in [1.82, 2.24) is 0 Å². The molecule has 5 nitrogen and oxygen atoms in total. The average Bonchev–Trinajstić information content (AvgIpc) is 1.84. The summed E-state index contributed by atoms with van der Waals surface area (Å²) in [6.45, 7) is -0.715. The van der Waals surface area contributed by atoms with Crippen molar-refractivity contribution in [3.05, 3.63) is 0 Å². The first-order chi connectivity index (χ1) is 4.09. The summed E-state index contributed by atoms with van der Waals surface area (Å²) in [5, 5.41) is 24.9. The van der Waals surface area contributed by atoms with E-state index in [0.717, 1.165) is 0 Å². The number of ketones is 1. The molecule has 0 bridgehead atoms. The van der Waals surface area contributed by atoms with Gasteiger partial charge in [0.25, 0.3) is 0 Å². The predicted molar refractivity (Wildman–Crippen MR) is 28.3 cm³/mol. The molecule has 0 heterocycles. The Labute approximate surface area is 51.7 Å². The molecule has 0 aromatic rings. The number of hydrogen-bond acceptors (Lipinski definition) is 5. The molecule has 0 saturated heterocycles. The third-order valence-electron chi connectivity index (χ3n) is 0.793. The highest BCUT2D eigenvalue weighted by molar-refractivity contribution is 5.86. The minimum absolute atomic E-state index is 0.715. The van der Waals surface area contributed by atoms with Gasteiger partial charge in [0.1, 0.15) is 6.10 Å². The Morgan fingerprint density at radius 1 is 1.56 bits per heavy atom. The van der Waals surface area contributed by atoms with Crippen LogP contribution >= 0.6 is 0 Å². The van der Waals surface area contributed by atoms with Crippen LogP contribution in [0, 0.1) is 0 Å². The topological polar surface area (TPSA) is 104 Å². The molecule has 0 amide bonds. The summed E-state index contributed by atoms with van der Waals surface area (Å²) in [7, 11) is 0. The fourth-order valence-corrected chi connectivity index (χ4v) is 0.287. The van der Waals surface area contributed by atoms with Crippen molar-refractivity contribution in [2.45, 2.75) is 12.3 Å². The molecule has 5 heteroatoms. The molecule has 0 aromatic carbocycles. The summed E-state index contributed by atoms with van der Waals surface area (Å²) >= 11 is 0. The summed E-state index contributed by atoms with van der Waals surface area (Å²) in [6.07, 6.45) is -3.27. The normalized spacial score (nSPS) is 16.9. The summed E-state index contributed by atoms with van der Waals surface area (Å²) < 4.78 is 0. The van der Waals surface area contributed by atoms with E-state index in [1.807, 2.05) is 0 Å². The van der Waals surface area contributed by atoms with Gasteiger partial charge >= 0.3 is 0 Å². The molecule has 5 N–H and O–H groups in total. The van der Waals surface area contributed by atoms with Crippen LogP contribution in [0.5, 0.6) is 0 Å². The first kappa shape index (κ1) is 8.51. The minimum Gasteiger partial charge on any atom is -0.393 e. The van der Waals surface area contributed by atoms with E-state index in [1.165, 1.54) is 0 Å². The highest BCUT2D eigenvalue weighted by Crippen LogP contribution is 1.85. The van der Waals surface area contributed by atoms with Crippen LogP contribution in [0.1, 0.15) is 0 Å². The van der Waals surface area contributed by atoms with Gasteiger partial charge in [-0.3, -0.25) is 10.5 Å². The lowest BCUT2D eigenvalue weighted by Gasteiger charge is -2.06. The van der Waals surface area contributed by atoms with E-state index < -0.39 is 24.7 Å². The number of nitrogens with two attached hydrogens (primary N) is 1. The van der Waals surface area contributed by atoms with Crippen molar-refractivity contribution in [2.24, 2.45) is 5.73 Å². The lowest BCUT2D eigenvalue weighted by molar-refractivity contribution is -0.137. The van der Waals surface area contributed by atoms with E-state index in [1.54, 1.807) is 0 Å². The van der Waals surface area contributed by atoms with Gasteiger partial charge in [-0.2, -0.15) is 0 Å². The Hall–Kier alpha value is -0.490. The molecule has 9 heavy (non-hydrogen) atoms. The van der Waals surface area contributed by atoms with E-state index >= 15 is 0 Å². The Morgan fingerprint density at radius 2 is 2.00 bits per heavy atom. The van der Waals surface area contributed by atoms with E-state index in [2.05, 4.69) is 5.73 Å². The zero-order valence-electron chi connectivity index (χ0n) is 4.69. The molecule has 0 aliphatic carbocycles. The van der Waals surface area contributed by atoms with Crippen LogP contribution < -0.4 is 5.73 Å². The first-order valence-electron chi connectivity index (χ1n) is 2.36. The second-order valence-electron chi connectivity index (χ2n) is 1.55. The minimum atomic E-state index is -1.70. The maximum atomic E-state index is 10.3. The van der Waals surface area contributed by atoms with E-state index in [9.17, 15) is 4.79 Å². The molecule has 0 radical (unpaired) electrons. The van der Waals surface area contributed by atoms with Gasteiger partial charge in [0.05, 0.1) is 6.61 Å². The molecule has 0 aliphatic rings. The van der Waals surface area contributed by atoms with Crippen molar-refractivity contribution in [3.63, 3.8) is 0 Å². The summed E-state index contributed by atoms with van der Waals surface area (Å²) in [5.74, 6) is -0.975. The van der Waals surface area contributed by atoms with Gasteiger partial charge in [0, 0.05) is 0 Å². The monoisotopic (exact) mass is 135 g/mol. The van der Waals surface area contributed by atoms with Gasteiger partial charge in [0.15, 0.2) is 6.23 Å². The fourth-order valence-electron chi connectivity index (χ4n) is 0.287. The van der Waals surface area contributed by atoms with Gasteiger partial charge < -0.3 is 15.3 Å². The second kappa shape index (κ2) is 3.52. The van der Waals surface area contributed by atoms with E-state index in [4.69, 9.17) is 15.3 Å². The van der Waals surface area contributed by atoms with Crippen LogP contribution in [-0.4, -0.2) is 40.0 Å². The standard InChI is InChI=1S/C4H9NO4/c5-4(9)3(8)2(7)1-6/h2,4,6-7,9H,1,5H2/t2-,4?/m0/s1. The van der Waals surface area contributed by atoms with Crippen LogP contribution in [-0.2, 0) is 4.79 Å². The SMILES string of the molecule is NC(O)C(=O)[C@@H](O)CO. The van der Waals surface area contributed by atoms with Crippen molar-refractivity contribution in [2.75, 3.05) is 6.61 Å². The van der Waals surface area contributed by atoms with E-state index in [-0.39, 0.29) is 0 Å². The fraction of sp³-hybridized carbons (Fsp3) is 0.750. The molecular formula is C4H9NO4. The number of aliphatic hydroxyl groups is 3. The Bertz CT molecular complexity index is 103. The molecule has 0 saturated carbocycles. The Morgan fingerprint density at radius 3 is 2.11 bits per heavy atom. The van der Waals surface area contributed by atoms with Crippen molar-refractivity contribution in [1.29, 1.82) is 0 Å². The smallest absolute Gasteiger partial charge is 0.206 e. The third kappa shape index (κ3) is 2.52. The van der Waals surface area contributed by atoms with Crippen molar-refractivity contribution < 1.29 is 20.1 Å². The van der Waals surface area contributed by atoms with Gasteiger partial charge in [-0.05, 0) is 0 Å². The van der Waals surface area contributed by atoms with E-state index in [0.29, 0.717) is 0 Å². The quantitative estimate of drug-likeness (QED) is 0.313. The summed E-state index contributed by atoms with van der Waals surface area (Å²) in [6, 6.07) is 0. The molecule has 0 rings (SSSR count). The number of aliphatic hydroxyl groups excluding tert-OH is 3. The van der Waals surface area contributed by atoms with Crippen molar-refractivity contribution in [3.8, 4) is 0 Å². The lowest BCUT2D eigenvalue weighted by Crippen LogP contribution is -2.39. The second-order valence-corrected chi connectivity index (χ2v) is 1.55. The number of carbonyl (C=O) groups is 1. The maximum absolute atomic E-state index is 10.3. The zero-order chi connectivity index (χ0) is 7.44. The molecule has 0 aliphatic heterocycles. The number of rotatable bonds is 3. The molecule has 54 valence electrons. The van der Waals surface area contributed by atoms with Gasteiger partial charge in [0.2, 0.25) is 5.78 Å². The molecular weight excluding hydrogens is 126 g/mol. The highest BCUT2D eigenvalue weighted by Gasteiger charge is 2.18. The summed E-state index contributed by atoms with van der Waals surface area (Å²) in [4.78, 5) is 10.3. The molecule has 0 aromatic heterocycles. The number of Topliss-reactive ketones (excluding diaryl/α,β-unsaturated/α-hetero) is 1. The molecule has 1 unspecified atom stereocenters. The Kier molecular flexibility index (Phi) is 3.33. The summed E-state index contributed by atoms with van der Waals surface area (Å²) in [5.41, 5.74) is 4.65. The molecule has 0 spiro atoms. The number of hydrogen-bond donors (Lipinski definition) is 4. The van der Waals surface area contributed by atoms with Crippen LogP contribution in [0.25, 0.3) is 0 Å². The average molecular weight is 135 g/mol. The lowest BCUT2D eigenvalue weighted by atomic mass is 10.2. The van der Waals surface area contributed by atoms with Crippen LogP contribution in [0.15, 0.2) is 0 Å². The third-order valence-corrected chi connectivity index (χ3v) is 0.793. The molecule has 2 atom stereocenters. The predicted octanol–water partition coefficient (Wildman–Crippen LogP) is -2.81. The van der Waals surface area contributed by atoms with Gasteiger partial charge in [-0.1, -0.05) is 0 Å². The molecule has 0 fully saturated rings. The van der Waals surface area contributed by atoms with Crippen LogP contribution in [0.4, 0.5) is 0 Å². The number of carbonyl (C=O) groups excluding carboxylic acids is 1. The van der Waals surface area contributed by atoms with Crippen LogP contribution in [0.2, 0.25) is 0 Å².